The van der Waals surface area contributed by atoms with Crippen molar-refractivity contribution < 1.29 is 24.0 Å². The van der Waals surface area contributed by atoms with Gasteiger partial charge in [0.25, 0.3) is 0 Å². The van der Waals surface area contributed by atoms with Crippen molar-refractivity contribution in [3.8, 4) is 0 Å². The molecule has 0 aromatic rings. The highest BCUT2D eigenvalue weighted by Gasteiger charge is 2.34. The monoisotopic (exact) mass is 408 g/mol. The molecule has 5 heteroatoms. The maximum absolute atomic E-state index is 11.3. The van der Waals surface area contributed by atoms with Gasteiger partial charge in [-0.3, -0.25) is 4.79 Å². The molecule has 166 valence electrons. The minimum absolute atomic E-state index is 0.139. The maximum atomic E-state index is 11.3. The number of esters is 1. The Morgan fingerprint density at radius 2 is 1.66 bits per heavy atom. The molecular formula is C24H40O5. The van der Waals surface area contributed by atoms with Crippen molar-refractivity contribution >= 4 is 5.97 Å². The molecule has 0 aromatic heterocycles. The molecule has 5 nitrogen and oxygen atoms in total. The van der Waals surface area contributed by atoms with E-state index < -0.39 is 11.9 Å². The zero-order chi connectivity index (χ0) is 21.2. The summed E-state index contributed by atoms with van der Waals surface area (Å²) in [4.78, 5) is 22.1. The third kappa shape index (κ3) is 12.0. The van der Waals surface area contributed by atoms with Crippen molar-refractivity contribution in [3.05, 3.63) is 36.5 Å². The summed E-state index contributed by atoms with van der Waals surface area (Å²) in [6.45, 7) is 2.04. The van der Waals surface area contributed by atoms with Crippen LogP contribution >= 0.6 is 0 Å². The molecule has 0 radical (unpaired) electrons. The highest BCUT2D eigenvalue weighted by molar-refractivity contribution is 5.70. The van der Waals surface area contributed by atoms with Gasteiger partial charge in [0, 0.05) is 13.5 Å². The summed E-state index contributed by atoms with van der Waals surface area (Å²) in [7, 11) is 2.98. The lowest BCUT2D eigenvalue weighted by Gasteiger charge is -2.32. The van der Waals surface area contributed by atoms with Crippen LogP contribution in [0, 0.1) is 0 Å². The molecule has 0 fully saturated rings. The molecule has 1 aliphatic heterocycles. The number of hydrogen-bond donors (Lipinski definition) is 0. The first-order valence-corrected chi connectivity index (χ1v) is 11.1. The molecule has 1 heterocycles. The van der Waals surface area contributed by atoms with E-state index in [0.717, 1.165) is 19.3 Å². The number of hydrogen-bond acceptors (Lipinski definition) is 5. The summed E-state index contributed by atoms with van der Waals surface area (Å²) < 4.78 is 10.2. The molecule has 0 spiro atoms. The average molecular weight is 409 g/mol. The number of rotatable bonds is 16. The van der Waals surface area contributed by atoms with E-state index in [9.17, 15) is 4.79 Å². The number of unbranched alkanes of at least 4 members (excludes halogenated alkanes) is 9. The standard InChI is InChI=1S/C24H40O5/c1-4-5-6-7-8-9-10-11-12-13-14-15-16-17-19-24(27-3)20-18-22(28-29-24)21-23(25)26-2/h4-7,18,20,22H,8-17,19,21H2,1-3H3/b5-4+,7-6+/t22-,24-/m1/s1. The second-order valence-corrected chi connectivity index (χ2v) is 7.55. The molecule has 1 rings (SSSR count). The van der Waals surface area contributed by atoms with E-state index >= 15 is 0 Å². The van der Waals surface area contributed by atoms with Gasteiger partial charge in [-0.2, -0.15) is 4.89 Å². The van der Waals surface area contributed by atoms with Gasteiger partial charge in [-0.1, -0.05) is 75.3 Å². The summed E-state index contributed by atoms with van der Waals surface area (Å²) in [6, 6.07) is 0. The van der Waals surface area contributed by atoms with Gasteiger partial charge in [0.05, 0.1) is 13.5 Å². The van der Waals surface area contributed by atoms with Gasteiger partial charge in [-0.05, 0) is 32.3 Å². The normalized spacial score (nSPS) is 22.0. The Morgan fingerprint density at radius 3 is 2.21 bits per heavy atom. The molecule has 0 aliphatic carbocycles. The SMILES string of the molecule is C/C=C/C=C/CCCCCCCCCCC[C@]1(OC)C=C[C@H](CC(=O)OC)OO1. The molecule has 0 aromatic carbocycles. The van der Waals surface area contributed by atoms with Crippen molar-refractivity contribution in [2.24, 2.45) is 0 Å². The Balaban J connectivity index is 2.03. The van der Waals surface area contributed by atoms with Crippen molar-refractivity contribution in [2.45, 2.75) is 95.9 Å². The second-order valence-electron chi connectivity index (χ2n) is 7.55. The maximum Gasteiger partial charge on any atom is 0.308 e. The lowest BCUT2D eigenvalue weighted by atomic mass is 10.0. The van der Waals surface area contributed by atoms with Gasteiger partial charge in [0.15, 0.2) is 0 Å². The predicted octanol–water partition coefficient (Wildman–Crippen LogP) is 6.20. The van der Waals surface area contributed by atoms with Crippen molar-refractivity contribution in [1.29, 1.82) is 0 Å². The lowest BCUT2D eigenvalue weighted by Crippen LogP contribution is -2.38. The lowest BCUT2D eigenvalue weighted by molar-refractivity contribution is -0.428. The highest BCUT2D eigenvalue weighted by atomic mass is 17.2. The van der Waals surface area contributed by atoms with Crippen molar-refractivity contribution in [3.63, 3.8) is 0 Å². The first-order valence-electron chi connectivity index (χ1n) is 11.1. The molecular weight excluding hydrogens is 368 g/mol. The van der Waals surface area contributed by atoms with Crippen LogP contribution in [0.2, 0.25) is 0 Å². The first-order chi connectivity index (χ1) is 14.2. The summed E-state index contributed by atoms with van der Waals surface area (Å²) in [5.74, 6) is -1.16. The van der Waals surface area contributed by atoms with E-state index in [-0.39, 0.29) is 12.4 Å². The fourth-order valence-electron chi connectivity index (χ4n) is 3.29. The fraction of sp³-hybridized carbons (Fsp3) is 0.708. The number of ether oxygens (including phenoxy) is 2. The van der Waals surface area contributed by atoms with Crippen LogP contribution < -0.4 is 0 Å². The Labute approximate surface area is 177 Å². The molecule has 0 N–H and O–H groups in total. The summed E-state index contributed by atoms with van der Waals surface area (Å²) >= 11 is 0. The first kappa shape index (κ1) is 25.6. The van der Waals surface area contributed by atoms with Crippen LogP contribution in [0.3, 0.4) is 0 Å². The van der Waals surface area contributed by atoms with E-state index in [1.165, 1.54) is 58.5 Å². The zero-order valence-electron chi connectivity index (χ0n) is 18.6. The number of carbonyl (C=O) groups excluding carboxylic acids is 1. The van der Waals surface area contributed by atoms with Gasteiger partial charge < -0.3 is 9.47 Å². The van der Waals surface area contributed by atoms with E-state index in [1.807, 2.05) is 19.1 Å². The van der Waals surface area contributed by atoms with Crippen molar-refractivity contribution in [2.75, 3.05) is 14.2 Å². The molecule has 0 unspecified atom stereocenters. The smallest absolute Gasteiger partial charge is 0.308 e. The van der Waals surface area contributed by atoms with Gasteiger partial charge >= 0.3 is 5.97 Å². The molecule has 2 atom stereocenters. The summed E-state index contributed by atoms with van der Waals surface area (Å²) in [5, 5.41) is 0. The Morgan fingerprint density at radius 1 is 1.00 bits per heavy atom. The minimum Gasteiger partial charge on any atom is -0.469 e. The number of allylic oxidation sites excluding steroid dienone is 4. The van der Waals surface area contributed by atoms with Crippen LogP contribution in [0.5, 0.6) is 0 Å². The molecule has 29 heavy (non-hydrogen) atoms. The van der Waals surface area contributed by atoms with Gasteiger partial charge in [0.2, 0.25) is 5.79 Å². The molecule has 0 amide bonds. The minimum atomic E-state index is -0.839. The van der Waals surface area contributed by atoms with E-state index in [1.54, 1.807) is 7.11 Å². The Kier molecular flexibility index (Phi) is 14.5. The quantitative estimate of drug-likeness (QED) is 0.1000. The van der Waals surface area contributed by atoms with Crippen LogP contribution in [-0.2, 0) is 24.0 Å². The van der Waals surface area contributed by atoms with E-state index in [4.69, 9.17) is 14.5 Å². The predicted molar refractivity (Wildman–Crippen MR) is 116 cm³/mol. The fourth-order valence-corrected chi connectivity index (χ4v) is 3.29. The van der Waals surface area contributed by atoms with E-state index in [0.29, 0.717) is 0 Å². The number of methoxy groups -OCH3 is 2. The summed E-state index contributed by atoms with van der Waals surface area (Å²) in [5.41, 5.74) is 0. The van der Waals surface area contributed by atoms with Gasteiger partial charge in [0.1, 0.15) is 6.10 Å². The van der Waals surface area contributed by atoms with E-state index in [2.05, 4.69) is 29.0 Å². The zero-order valence-corrected chi connectivity index (χ0v) is 18.6. The van der Waals surface area contributed by atoms with Crippen LogP contribution in [0.15, 0.2) is 36.5 Å². The molecule has 0 bridgehead atoms. The van der Waals surface area contributed by atoms with Crippen LogP contribution in [0.1, 0.15) is 84.0 Å². The van der Waals surface area contributed by atoms with Crippen LogP contribution in [0.4, 0.5) is 0 Å². The largest absolute Gasteiger partial charge is 0.469 e. The third-order valence-electron chi connectivity index (χ3n) is 5.15. The third-order valence-corrected chi connectivity index (χ3v) is 5.15. The van der Waals surface area contributed by atoms with Gasteiger partial charge in [-0.15, -0.1) is 0 Å². The van der Waals surface area contributed by atoms with Gasteiger partial charge in [-0.25, -0.2) is 4.89 Å². The van der Waals surface area contributed by atoms with Crippen molar-refractivity contribution in [1.82, 2.24) is 0 Å². The van der Waals surface area contributed by atoms with Crippen LogP contribution in [0.25, 0.3) is 0 Å². The molecule has 0 saturated heterocycles. The summed E-state index contributed by atoms with van der Waals surface area (Å²) in [6.07, 6.45) is 25.2. The molecule has 0 saturated carbocycles. The Hall–Kier alpha value is -1.43. The Bertz CT molecular complexity index is 511. The number of carbonyl (C=O) groups is 1. The molecule has 1 aliphatic rings. The van der Waals surface area contributed by atoms with Crippen LogP contribution in [-0.4, -0.2) is 32.1 Å². The topological polar surface area (TPSA) is 54.0 Å². The average Bonchev–Trinajstić information content (AvgIpc) is 2.75. The second kappa shape index (κ2) is 16.4. The highest BCUT2D eigenvalue weighted by Crippen LogP contribution is 2.28.